The van der Waals surface area contributed by atoms with E-state index >= 15 is 0 Å². The number of carboxylic acids is 1. The maximum absolute atomic E-state index is 11.2. The molecule has 1 fully saturated rings. The normalized spacial score (nSPS) is 14.1. The molecular weight excluding hydrogens is 434 g/mol. The van der Waals surface area contributed by atoms with Gasteiger partial charge in [0.1, 0.15) is 5.01 Å². The number of aromatic nitrogens is 1. The molecule has 0 radical (unpaired) electrons. The summed E-state index contributed by atoms with van der Waals surface area (Å²) in [7, 11) is 2.09. The van der Waals surface area contributed by atoms with Gasteiger partial charge >= 0.3 is 11.9 Å². The standard InChI is InChI=1S/C26H29N3O3S/c1-29(16-18-7-9-20(10-8-18)19-5-3-2-4-6-19)22-13-11-21(12-14-22)23-17-33-24(28-23)15-27-25(30)26(31)32/h7-14,17,19H,2-6,15-16H2,1H3,(H,27,30)(H,31,32). The van der Waals surface area contributed by atoms with Crippen molar-refractivity contribution in [3.63, 3.8) is 0 Å². The lowest BCUT2D eigenvalue weighted by molar-refractivity contribution is -0.150. The molecule has 172 valence electrons. The van der Waals surface area contributed by atoms with Gasteiger partial charge in [-0.2, -0.15) is 0 Å². The summed E-state index contributed by atoms with van der Waals surface area (Å²) in [5.41, 5.74) is 5.70. The number of hydrogen-bond acceptors (Lipinski definition) is 5. The van der Waals surface area contributed by atoms with E-state index in [0.29, 0.717) is 5.01 Å². The monoisotopic (exact) mass is 463 g/mol. The van der Waals surface area contributed by atoms with Crippen molar-refractivity contribution in [3.8, 4) is 11.3 Å². The molecule has 1 heterocycles. The first-order valence-corrected chi connectivity index (χ1v) is 12.2. The van der Waals surface area contributed by atoms with Crippen molar-refractivity contribution >= 4 is 28.9 Å². The van der Waals surface area contributed by atoms with E-state index in [1.54, 1.807) is 0 Å². The van der Waals surface area contributed by atoms with Crippen LogP contribution in [0.5, 0.6) is 0 Å². The molecule has 4 rings (SSSR count). The second kappa shape index (κ2) is 10.6. The van der Waals surface area contributed by atoms with Crippen LogP contribution in [0.4, 0.5) is 5.69 Å². The molecule has 6 nitrogen and oxygen atoms in total. The number of amides is 1. The summed E-state index contributed by atoms with van der Waals surface area (Å²) in [6.07, 6.45) is 6.74. The molecule has 33 heavy (non-hydrogen) atoms. The second-order valence-electron chi connectivity index (χ2n) is 8.59. The van der Waals surface area contributed by atoms with Crippen LogP contribution < -0.4 is 10.2 Å². The molecule has 1 aliphatic rings. The molecule has 0 unspecified atom stereocenters. The van der Waals surface area contributed by atoms with Gasteiger partial charge in [0.2, 0.25) is 0 Å². The zero-order chi connectivity index (χ0) is 23.2. The number of thiazole rings is 1. The van der Waals surface area contributed by atoms with Gasteiger partial charge in [-0.15, -0.1) is 11.3 Å². The fourth-order valence-corrected chi connectivity index (χ4v) is 5.08. The molecule has 0 bridgehead atoms. The molecule has 0 spiro atoms. The topological polar surface area (TPSA) is 82.5 Å². The largest absolute Gasteiger partial charge is 0.474 e. The molecule has 1 saturated carbocycles. The van der Waals surface area contributed by atoms with Crippen LogP contribution >= 0.6 is 11.3 Å². The van der Waals surface area contributed by atoms with Crippen molar-refractivity contribution in [1.29, 1.82) is 0 Å². The van der Waals surface area contributed by atoms with Crippen LogP contribution in [0.15, 0.2) is 53.9 Å². The average Bonchev–Trinajstić information content (AvgIpc) is 3.32. The summed E-state index contributed by atoms with van der Waals surface area (Å²) in [6, 6.07) is 17.4. The summed E-state index contributed by atoms with van der Waals surface area (Å²) in [4.78, 5) is 28.5. The van der Waals surface area contributed by atoms with E-state index in [1.165, 1.54) is 54.6 Å². The molecule has 0 aliphatic heterocycles. The van der Waals surface area contributed by atoms with Crippen molar-refractivity contribution in [2.24, 2.45) is 0 Å². The van der Waals surface area contributed by atoms with Crippen LogP contribution in [0, 0.1) is 0 Å². The summed E-state index contributed by atoms with van der Waals surface area (Å²) in [6.45, 7) is 0.949. The number of rotatable bonds is 7. The van der Waals surface area contributed by atoms with Crippen LogP contribution in [0.3, 0.4) is 0 Å². The number of nitrogens with zero attached hydrogens (tertiary/aromatic N) is 2. The molecule has 1 aliphatic carbocycles. The third-order valence-electron chi connectivity index (χ3n) is 6.23. The summed E-state index contributed by atoms with van der Waals surface area (Å²) in [5, 5.41) is 13.6. The predicted octanol–water partition coefficient (Wildman–Crippen LogP) is 5.20. The van der Waals surface area contributed by atoms with Crippen molar-refractivity contribution in [2.45, 2.75) is 51.1 Å². The lowest BCUT2D eigenvalue weighted by Crippen LogP contribution is -2.29. The Kier molecular flexibility index (Phi) is 7.40. The minimum atomic E-state index is -1.49. The Labute approximate surface area is 198 Å². The first-order valence-electron chi connectivity index (χ1n) is 11.4. The van der Waals surface area contributed by atoms with Crippen LogP contribution in [-0.2, 0) is 22.7 Å². The third-order valence-corrected chi connectivity index (χ3v) is 7.07. The fraction of sp³-hybridized carbons (Fsp3) is 0.346. The van der Waals surface area contributed by atoms with E-state index in [1.807, 2.05) is 17.5 Å². The van der Waals surface area contributed by atoms with Gasteiger partial charge in [-0.1, -0.05) is 55.7 Å². The molecule has 0 atom stereocenters. The first kappa shape index (κ1) is 23.0. The van der Waals surface area contributed by atoms with Crippen LogP contribution in [0.25, 0.3) is 11.3 Å². The molecule has 3 aromatic rings. The SMILES string of the molecule is CN(Cc1ccc(C2CCCCC2)cc1)c1ccc(-c2csc(CNC(=O)C(=O)O)n2)cc1. The number of aliphatic carboxylic acids is 1. The van der Waals surface area contributed by atoms with Gasteiger partial charge in [-0.05, 0) is 42.0 Å². The first-order chi connectivity index (χ1) is 16.0. The Balaban J connectivity index is 1.34. The summed E-state index contributed by atoms with van der Waals surface area (Å²) < 4.78 is 0. The Hall–Kier alpha value is -3.19. The molecule has 2 N–H and O–H groups in total. The third kappa shape index (κ3) is 5.99. The minimum absolute atomic E-state index is 0.107. The second-order valence-corrected chi connectivity index (χ2v) is 9.54. The number of carbonyl (C=O) groups is 2. The van der Waals surface area contributed by atoms with E-state index in [-0.39, 0.29) is 6.54 Å². The molecule has 7 heteroatoms. The molecular formula is C26H29N3O3S. The van der Waals surface area contributed by atoms with E-state index in [9.17, 15) is 9.59 Å². The van der Waals surface area contributed by atoms with Crippen molar-refractivity contribution < 1.29 is 14.7 Å². The minimum Gasteiger partial charge on any atom is -0.474 e. The number of benzene rings is 2. The van der Waals surface area contributed by atoms with Gasteiger partial charge in [0, 0.05) is 30.2 Å². The lowest BCUT2D eigenvalue weighted by atomic mass is 9.84. The fourth-order valence-electron chi connectivity index (χ4n) is 4.34. The highest BCUT2D eigenvalue weighted by Gasteiger charge is 2.15. The van der Waals surface area contributed by atoms with Crippen LogP contribution in [0.2, 0.25) is 0 Å². The Morgan fingerprint density at radius 3 is 2.42 bits per heavy atom. The highest BCUT2D eigenvalue weighted by atomic mass is 32.1. The van der Waals surface area contributed by atoms with Crippen molar-refractivity contribution in [2.75, 3.05) is 11.9 Å². The maximum Gasteiger partial charge on any atom is 0.394 e. The van der Waals surface area contributed by atoms with E-state index in [4.69, 9.17) is 5.11 Å². The highest BCUT2D eigenvalue weighted by molar-refractivity contribution is 7.09. The Morgan fingerprint density at radius 2 is 1.76 bits per heavy atom. The highest BCUT2D eigenvalue weighted by Crippen LogP contribution is 2.33. The van der Waals surface area contributed by atoms with Gasteiger partial charge in [0.05, 0.1) is 12.2 Å². The van der Waals surface area contributed by atoms with Crippen LogP contribution in [0.1, 0.15) is 54.2 Å². The van der Waals surface area contributed by atoms with Gasteiger partial charge < -0.3 is 15.3 Å². The molecule has 0 saturated heterocycles. The number of anilines is 1. The quantitative estimate of drug-likeness (QED) is 0.471. The van der Waals surface area contributed by atoms with Gasteiger partial charge in [-0.25, -0.2) is 9.78 Å². The number of carbonyl (C=O) groups excluding carboxylic acids is 1. The van der Waals surface area contributed by atoms with E-state index < -0.39 is 11.9 Å². The zero-order valence-electron chi connectivity index (χ0n) is 18.8. The molecule has 2 aromatic carbocycles. The number of nitrogens with one attached hydrogen (secondary N) is 1. The van der Waals surface area contributed by atoms with Crippen LogP contribution in [-0.4, -0.2) is 29.0 Å². The molecule has 1 aromatic heterocycles. The number of hydrogen-bond donors (Lipinski definition) is 2. The maximum atomic E-state index is 11.2. The smallest absolute Gasteiger partial charge is 0.394 e. The lowest BCUT2D eigenvalue weighted by Gasteiger charge is -2.23. The van der Waals surface area contributed by atoms with Gasteiger partial charge in [0.15, 0.2) is 0 Å². The van der Waals surface area contributed by atoms with Crippen molar-refractivity contribution in [3.05, 3.63) is 70.0 Å². The summed E-state index contributed by atoms with van der Waals surface area (Å²) in [5.74, 6) is -1.79. The van der Waals surface area contributed by atoms with Gasteiger partial charge in [0.25, 0.3) is 0 Å². The molecule has 1 amide bonds. The predicted molar refractivity (Wildman–Crippen MR) is 131 cm³/mol. The van der Waals surface area contributed by atoms with E-state index in [0.717, 1.165) is 29.4 Å². The zero-order valence-corrected chi connectivity index (χ0v) is 19.6. The van der Waals surface area contributed by atoms with Crippen molar-refractivity contribution in [1.82, 2.24) is 10.3 Å². The van der Waals surface area contributed by atoms with E-state index in [2.05, 4.69) is 58.6 Å². The Bertz CT molecular complexity index is 1090. The van der Waals surface area contributed by atoms with Gasteiger partial charge in [-0.3, -0.25) is 4.79 Å². The average molecular weight is 464 g/mol. The summed E-state index contributed by atoms with van der Waals surface area (Å²) >= 11 is 1.39. The Morgan fingerprint density at radius 1 is 1.06 bits per heavy atom. The number of carboxylic acid groups (broad SMARTS) is 1.